The van der Waals surface area contributed by atoms with Crippen molar-refractivity contribution in [1.29, 1.82) is 0 Å². The van der Waals surface area contributed by atoms with Crippen molar-refractivity contribution in [3.63, 3.8) is 0 Å². The number of nitrogens with zero attached hydrogens (tertiary/aromatic N) is 5. The van der Waals surface area contributed by atoms with Gasteiger partial charge in [0, 0.05) is 36.9 Å². The Labute approximate surface area is 204 Å². The molecule has 2 aromatic carbocycles. The van der Waals surface area contributed by atoms with Crippen LogP contribution >= 0.6 is 46.1 Å². The van der Waals surface area contributed by atoms with Crippen LogP contribution in [0.15, 0.2) is 42.5 Å². The van der Waals surface area contributed by atoms with Gasteiger partial charge in [-0.3, -0.25) is 4.90 Å². The third-order valence-electron chi connectivity index (χ3n) is 5.67. The van der Waals surface area contributed by atoms with E-state index in [-0.39, 0.29) is 11.9 Å². The molecule has 2 aromatic heterocycles. The monoisotopic (exact) mass is 507 g/mol. The van der Waals surface area contributed by atoms with Crippen molar-refractivity contribution in [2.24, 2.45) is 0 Å². The van der Waals surface area contributed by atoms with Gasteiger partial charge in [0.1, 0.15) is 5.82 Å². The summed E-state index contributed by atoms with van der Waals surface area (Å²) in [6, 6.07) is 13.4. The maximum absolute atomic E-state index is 11.0. The summed E-state index contributed by atoms with van der Waals surface area (Å²) in [5.41, 5.74) is 2.08. The highest BCUT2D eigenvalue weighted by Crippen LogP contribution is 2.41. The smallest absolute Gasteiger partial charge is 0.230 e. The standard InChI is InChI=1S/C22H20Cl3N5OS/c1-13-26-22-30(27-13)21(31)20(32-22)19(14-5-6-17(24)18(25)11-14)29-9-7-28(8-10-29)16-4-2-3-15(23)12-16/h2-6,11-12,19,31H,7-10H2,1H3. The minimum absolute atomic E-state index is 0.110. The average molecular weight is 509 g/mol. The molecule has 5 rings (SSSR count). The fourth-order valence-electron chi connectivity index (χ4n) is 4.15. The SMILES string of the molecule is Cc1nc2sc(C(c3ccc(Cl)c(Cl)c3)N3CCN(c4cccc(Cl)c4)CC3)c(O)n2n1. The van der Waals surface area contributed by atoms with E-state index in [0.717, 1.165) is 47.3 Å². The molecule has 4 aromatic rings. The van der Waals surface area contributed by atoms with Gasteiger partial charge in [0.25, 0.3) is 0 Å². The van der Waals surface area contributed by atoms with E-state index < -0.39 is 0 Å². The summed E-state index contributed by atoms with van der Waals surface area (Å²) in [5, 5.41) is 17.1. The Morgan fingerprint density at radius 3 is 2.47 bits per heavy atom. The summed E-state index contributed by atoms with van der Waals surface area (Å²) in [7, 11) is 0. The van der Waals surface area contributed by atoms with E-state index in [1.54, 1.807) is 6.07 Å². The predicted octanol–water partition coefficient (Wildman–Crippen LogP) is 5.68. The number of hydrogen-bond donors (Lipinski definition) is 1. The number of hydrogen-bond acceptors (Lipinski definition) is 6. The number of rotatable bonds is 4. The zero-order valence-corrected chi connectivity index (χ0v) is 20.3. The van der Waals surface area contributed by atoms with Gasteiger partial charge in [-0.25, -0.2) is 4.98 Å². The molecular formula is C22H20Cl3N5OS. The van der Waals surface area contributed by atoms with Crippen molar-refractivity contribution in [2.75, 3.05) is 31.1 Å². The summed E-state index contributed by atoms with van der Waals surface area (Å²) >= 11 is 20.2. The highest BCUT2D eigenvalue weighted by Gasteiger charge is 2.32. The molecule has 3 heterocycles. The number of thiazole rings is 1. The van der Waals surface area contributed by atoms with Crippen LogP contribution in [0.5, 0.6) is 5.88 Å². The molecule has 0 spiro atoms. The number of aromatic hydroxyl groups is 1. The van der Waals surface area contributed by atoms with Gasteiger partial charge >= 0.3 is 0 Å². The second kappa shape index (κ2) is 8.72. The second-order valence-corrected chi connectivity index (χ2v) is 9.98. The maximum atomic E-state index is 11.0. The van der Waals surface area contributed by atoms with Crippen LogP contribution in [0.4, 0.5) is 5.69 Å². The van der Waals surface area contributed by atoms with Crippen LogP contribution in [-0.2, 0) is 0 Å². The minimum atomic E-state index is -0.194. The molecule has 0 saturated carbocycles. The second-order valence-electron chi connectivity index (χ2n) is 7.72. The molecule has 1 aliphatic heterocycles. The van der Waals surface area contributed by atoms with Gasteiger partial charge in [-0.15, -0.1) is 5.10 Å². The van der Waals surface area contributed by atoms with Gasteiger partial charge in [-0.1, -0.05) is 58.3 Å². The van der Waals surface area contributed by atoms with Crippen molar-refractivity contribution < 1.29 is 5.11 Å². The van der Waals surface area contributed by atoms with E-state index >= 15 is 0 Å². The van der Waals surface area contributed by atoms with Crippen LogP contribution in [0.2, 0.25) is 15.1 Å². The van der Waals surface area contributed by atoms with Crippen LogP contribution < -0.4 is 4.90 Å². The van der Waals surface area contributed by atoms with E-state index in [1.165, 1.54) is 15.9 Å². The molecule has 1 atom stereocenters. The minimum Gasteiger partial charge on any atom is -0.492 e. The van der Waals surface area contributed by atoms with Gasteiger partial charge in [-0.05, 0) is 42.8 Å². The van der Waals surface area contributed by atoms with Crippen LogP contribution in [0.25, 0.3) is 4.96 Å². The summed E-state index contributed by atoms with van der Waals surface area (Å²) in [6.45, 7) is 5.06. The Kier molecular flexibility index (Phi) is 5.94. The lowest BCUT2D eigenvalue weighted by Gasteiger charge is -2.40. The molecule has 32 heavy (non-hydrogen) atoms. The zero-order valence-electron chi connectivity index (χ0n) is 17.2. The van der Waals surface area contributed by atoms with Gasteiger partial charge < -0.3 is 10.0 Å². The number of aromatic nitrogens is 3. The molecule has 0 aliphatic carbocycles. The largest absolute Gasteiger partial charge is 0.492 e. The van der Waals surface area contributed by atoms with Crippen molar-refractivity contribution in [3.8, 4) is 5.88 Å². The van der Waals surface area contributed by atoms with Crippen LogP contribution in [-0.4, -0.2) is 50.8 Å². The molecule has 1 unspecified atom stereocenters. The zero-order chi connectivity index (χ0) is 22.4. The molecule has 1 N–H and O–H groups in total. The van der Waals surface area contributed by atoms with Crippen molar-refractivity contribution in [2.45, 2.75) is 13.0 Å². The number of fused-ring (bicyclic) bond motifs is 1. The number of piperazine rings is 1. The van der Waals surface area contributed by atoms with E-state index in [1.807, 2.05) is 37.3 Å². The van der Waals surface area contributed by atoms with Crippen LogP contribution in [0.3, 0.4) is 0 Å². The first-order valence-corrected chi connectivity index (χ1v) is 12.1. The Morgan fingerprint density at radius 2 is 1.78 bits per heavy atom. The highest BCUT2D eigenvalue weighted by atomic mass is 35.5. The molecule has 166 valence electrons. The number of halogens is 3. The summed E-state index contributed by atoms with van der Waals surface area (Å²) in [6.07, 6.45) is 0. The Balaban J connectivity index is 1.49. The van der Waals surface area contributed by atoms with Crippen molar-refractivity contribution in [1.82, 2.24) is 19.5 Å². The molecule has 0 bridgehead atoms. The molecule has 10 heteroatoms. The van der Waals surface area contributed by atoms with E-state index in [0.29, 0.717) is 20.8 Å². The fraction of sp³-hybridized carbons (Fsp3) is 0.273. The lowest BCUT2D eigenvalue weighted by molar-refractivity contribution is 0.211. The van der Waals surface area contributed by atoms with Crippen LogP contribution in [0, 0.1) is 6.92 Å². The normalized spacial score (nSPS) is 16.1. The third kappa shape index (κ3) is 4.04. The lowest BCUT2D eigenvalue weighted by atomic mass is 10.0. The Hall–Kier alpha value is -2.03. The highest BCUT2D eigenvalue weighted by molar-refractivity contribution is 7.17. The van der Waals surface area contributed by atoms with E-state index in [4.69, 9.17) is 34.8 Å². The molecule has 0 amide bonds. The topological polar surface area (TPSA) is 56.9 Å². The molecule has 1 aliphatic rings. The first-order valence-electron chi connectivity index (χ1n) is 10.2. The van der Waals surface area contributed by atoms with E-state index in [2.05, 4.69) is 25.9 Å². The first-order chi connectivity index (χ1) is 15.4. The van der Waals surface area contributed by atoms with Gasteiger partial charge in [0.2, 0.25) is 10.8 Å². The summed E-state index contributed by atoms with van der Waals surface area (Å²) in [5.74, 6) is 0.735. The average Bonchev–Trinajstić information content (AvgIpc) is 3.28. The molecular weight excluding hydrogens is 489 g/mol. The molecule has 1 saturated heterocycles. The van der Waals surface area contributed by atoms with Gasteiger partial charge in [0.15, 0.2) is 0 Å². The number of anilines is 1. The fourth-order valence-corrected chi connectivity index (χ4v) is 5.80. The Bertz CT molecular complexity index is 1280. The summed E-state index contributed by atoms with van der Waals surface area (Å²) < 4.78 is 1.50. The third-order valence-corrected chi connectivity index (χ3v) is 7.71. The predicted molar refractivity (Wildman–Crippen MR) is 131 cm³/mol. The quantitative estimate of drug-likeness (QED) is 0.384. The molecule has 6 nitrogen and oxygen atoms in total. The van der Waals surface area contributed by atoms with Crippen molar-refractivity contribution >= 4 is 56.8 Å². The van der Waals surface area contributed by atoms with E-state index in [9.17, 15) is 5.11 Å². The van der Waals surface area contributed by atoms with Gasteiger partial charge in [-0.2, -0.15) is 4.52 Å². The molecule has 0 radical (unpaired) electrons. The first kappa shape index (κ1) is 21.8. The van der Waals surface area contributed by atoms with Crippen LogP contribution in [0.1, 0.15) is 22.3 Å². The summed E-state index contributed by atoms with van der Waals surface area (Å²) in [4.78, 5) is 10.5. The van der Waals surface area contributed by atoms with Crippen molar-refractivity contribution in [3.05, 3.63) is 73.8 Å². The maximum Gasteiger partial charge on any atom is 0.230 e. The number of benzene rings is 2. The molecule has 1 fully saturated rings. The lowest BCUT2D eigenvalue weighted by Crippen LogP contribution is -2.47. The number of aryl methyl sites for hydroxylation is 1. The Morgan fingerprint density at radius 1 is 1.00 bits per heavy atom. The van der Waals surface area contributed by atoms with Gasteiger partial charge in [0.05, 0.1) is 21.0 Å².